The number of primary amides is 1. The summed E-state index contributed by atoms with van der Waals surface area (Å²) < 4.78 is 32.9. The van der Waals surface area contributed by atoms with Crippen LogP contribution in [0.25, 0.3) is 5.57 Å². The zero-order chi connectivity index (χ0) is 15.6. The van der Waals surface area contributed by atoms with Crippen molar-refractivity contribution in [2.45, 2.75) is 25.6 Å². The van der Waals surface area contributed by atoms with Gasteiger partial charge in [-0.15, -0.1) is 0 Å². The SMILES string of the molecule is [2H]c1c(Cl)ccc2c1C1=C(C2)C([2H])(C(N)=O)CCC1([2H])[2H]. The van der Waals surface area contributed by atoms with Crippen LogP contribution in [0, 0.1) is 5.89 Å². The van der Waals surface area contributed by atoms with E-state index < -0.39 is 18.2 Å². The number of fused-ring (bicyclic) bond motifs is 2. The summed E-state index contributed by atoms with van der Waals surface area (Å²) in [4.78, 5) is 11.7. The molecule has 0 bridgehead atoms. The van der Waals surface area contributed by atoms with E-state index in [1.165, 1.54) is 0 Å². The molecule has 0 fully saturated rings. The molecule has 3 rings (SSSR count). The lowest BCUT2D eigenvalue weighted by Gasteiger charge is -2.22. The van der Waals surface area contributed by atoms with E-state index in [2.05, 4.69) is 0 Å². The van der Waals surface area contributed by atoms with Crippen LogP contribution in [0.3, 0.4) is 0 Å². The Morgan fingerprint density at radius 1 is 1.65 bits per heavy atom. The van der Waals surface area contributed by atoms with Gasteiger partial charge in [0.05, 0.1) is 7.26 Å². The molecule has 0 saturated carbocycles. The second kappa shape index (κ2) is 3.88. The quantitative estimate of drug-likeness (QED) is 0.819. The highest BCUT2D eigenvalue weighted by molar-refractivity contribution is 6.30. The van der Waals surface area contributed by atoms with Gasteiger partial charge in [0.15, 0.2) is 0 Å². The number of hydrogen-bond acceptors (Lipinski definition) is 1. The molecule has 1 atom stereocenters. The Morgan fingerprint density at radius 3 is 3.24 bits per heavy atom. The van der Waals surface area contributed by atoms with Crippen molar-refractivity contribution in [3.63, 3.8) is 0 Å². The summed E-state index contributed by atoms with van der Waals surface area (Å²) in [6.07, 6.45) is -1.31. The number of allylic oxidation sites excluding steroid dienone is 1. The number of nitrogens with two attached hydrogens (primary N) is 1. The third-order valence-corrected chi connectivity index (χ3v) is 3.47. The molecular weight excluding hydrogens is 234 g/mol. The van der Waals surface area contributed by atoms with Crippen LogP contribution in [-0.2, 0) is 11.2 Å². The van der Waals surface area contributed by atoms with Crippen molar-refractivity contribution in [1.29, 1.82) is 0 Å². The monoisotopic (exact) mass is 251 g/mol. The van der Waals surface area contributed by atoms with Gasteiger partial charge in [-0.2, -0.15) is 0 Å². The molecular formula is C14H14ClNO. The maximum absolute atomic E-state index is 11.7. The van der Waals surface area contributed by atoms with Crippen molar-refractivity contribution in [3.05, 3.63) is 39.9 Å². The van der Waals surface area contributed by atoms with Crippen molar-refractivity contribution in [3.8, 4) is 0 Å². The highest BCUT2D eigenvalue weighted by Crippen LogP contribution is 2.44. The highest BCUT2D eigenvalue weighted by Gasteiger charge is 2.32. The molecule has 17 heavy (non-hydrogen) atoms. The van der Waals surface area contributed by atoms with Crippen molar-refractivity contribution >= 4 is 23.1 Å². The third-order valence-electron chi connectivity index (χ3n) is 3.25. The number of halogens is 1. The Morgan fingerprint density at radius 2 is 2.47 bits per heavy atom. The molecule has 0 spiro atoms. The fourth-order valence-corrected chi connectivity index (χ4v) is 2.64. The smallest absolute Gasteiger partial charge is 0.224 e. The van der Waals surface area contributed by atoms with Gasteiger partial charge in [0.1, 0.15) is 0 Å². The van der Waals surface area contributed by atoms with Gasteiger partial charge < -0.3 is 5.73 Å². The van der Waals surface area contributed by atoms with E-state index in [-0.39, 0.29) is 35.9 Å². The maximum Gasteiger partial charge on any atom is 0.224 e. The molecule has 0 aromatic heterocycles. The van der Waals surface area contributed by atoms with E-state index in [4.69, 9.17) is 22.8 Å². The molecule has 1 amide bonds. The fourth-order valence-electron chi connectivity index (χ4n) is 2.49. The molecule has 3 heteroatoms. The number of carbonyl (C=O) groups is 1. The fraction of sp³-hybridized carbons (Fsp3) is 0.357. The Kier molecular flexibility index (Phi) is 1.65. The molecule has 2 aliphatic carbocycles. The summed E-state index contributed by atoms with van der Waals surface area (Å²) in [5.41, 5.74) is 7.21. The van der Waals surface area contributed by atoms with Crippen LogP contribution in [0.5, 0.6) is 0 Å². The number of amides is 1. The lowest BCUT2D eigenvalue weighted by molar-refractivity contribution is -0.121. The van der Waals surface area contributed by atoms with E-state index in [9.17, 15) is 4.79 Å². The molecule has 88 valence electrons. The minimum Gasteiger partial charge on any atom is -0.369 e. The number of carbonyl (C=O) groups excluding carboxylic acids is 1. The normalized spacial score (nSPS) is 33.0. The predicted octanol–water partition coefficient (Wildman–Crippen LogP) is 2.94. The summed E-state index contributed by atoms with van der Waals surface area (Å²) in [5.74, 6) is -2.37. The molecule has 1 aromatic carbocycles. The second-order valence-electron chi connectivity index (χ2n) is 4.26. The topological polar surface area (TPSA) is 43.1 Å². The van der Waals surface area contributed by atoms with Gasteiger partial charge in [-0.05, 0) is 60.0 Å². The third kappa shape index (κ3) is 1.67. The minimum atomic E-state index is -1.68. The van der Waals surface area contributed by atoms with Crippen LogP contribution >= 0.6 is 11.6 Å². The van der Waals surface area contributed by atoms with Gasteiger partial charge in [0.25, 0.3) is 0 Å². The lowest BCUT2D eigenvalue weighted by Crippen LogP contribution is -2.27. The van der Waals surface area contributed by atoms with Crippen LogP contribution in [0.15, 0.2) is 23.7 Å². The molecule has 1 aromatic rings. The van der Waals surface area contributed by atoms with E-state index in [0.29, 0.717) is 11.1 Å². The van der Waals surface area contributed by atoms with Crippen LogP contribution in [-0.4, -0.2) is 5.91 Å². The number of hydrogen-bond donors (Lipinski definition) is 1. The van der Waals surface area contributed by atoms with Crippen molar-refractivity contribution in [2.24, 2.45) is 11.6 Å². The Balaban J connectivity index is 2.32. The van der Waals surface area contributed by atoms with Gasteiger partial charge in [-0.3, -0.25) is 4.79 Å². The van der Waals surface area contributed by atoms with E-state index in [1.807, 2.05) is 0 Å². The van der Waals surface area contributed by atoms with Crippen molar-refractivity contribution < 1.29 is 10.3 Å². The average molecular weight is 252 g/mol. The zero-order valence-corrected chi connectivity index (χ0v) is 9.90. The Bertz CT molecular complexity index is 700. The first kappa shape index (κ1) is 7.22. The Hall–Kier alpha value is -1.28. The largest absolute Gasteiger partial charge is 0.369 e. The molecule has 0 saturated heterocycles. The molecule has 2 aliphatic rings. The summed E-state index contributed by atoms with van der Waals surface area (Å²) in [6.45, 7) is 0. The molecule has 2 N–H and O–H groups in total. The molecule has 0 heterocycles. The van der Waals surface area contributed by atoms with Gasteiger partial charge in [-0.1, -0.05) is 17.7 Å². The van der Waals surface area contributed by atoms with Crippen LogP contribution in [0.1, 0.15) is 35.8 Å². The molecule has 2 nitrogen and oxygen atoms in total. The highest BCUT2D eigenvalue weighted by atomic mass is 35.5. The first-order valence-electron chi connectivity index (χ1n) is 7.51. The van der Waals surface area contributed by atoms with Crippen LogP contribution < -0.4 is 5.73 Å². The molecule has 0 aliphatic heterocycles. The van der Waals surface area contributed by atoms with Gasteiger partial charge >= 0.3 is 0 Å². The van der Waals surface area contributed by atoms with Crippen LogP contribution in [0.2, 0.25) is 5.02 Å². The summed E-state index contributed by atoms with van der Waals surface area (Å²) in [7, 11) is 0. The maximum atomic E-state index is 11.7. The van der Waals surface area contributed by atoms with Crippen molar-refractivity contribution in [1.82, 2.24) is 0 Å². The summed E-state index contributed by atoms with van der Waals surface area (Å²) >= 11 is 5.98. The van der Waals surface area contributed by atoms with Crippen LogP contribution in [0.4, 0.5) is 0 Å². The Labute approximate surface area is 111 Å². The van der Waals surface area contributed by atoms with E-state index in [1.54, 1.807) is 12.1 Å². The van der Waals surface area contributed by atoms with E-state index >= 15 is 0 Å². The first-order chi connectivity index (χ1) is 9.68. The van der Waals surface area contributed by atoms with Gasteiger partial charge in [0.2, 0.25) is 5.91 Å². The van der Waals surface area contributed by atoms with Gasteiger partial charge in [-0.25, -0.2) is 0 Å². The molecule has 0 radical (unpaired) electrons. The minimum absolute atomic E-state index is 0.0314. The van der Waals surface area contributed by atoms with Gasteiger partial charge in [0, 0.05) is 9.13 Å². The number of rotatable bonds is 1. The predicted molar refractivity (Wildman–Crippen MR) is 68.6 cm³/mol. The summed E-state index contributed by atoms with van der Waals surface area (Å²) in [5, 5.41) is 0.235. The first-order valence-corrected chi connectivity index (χ1v) is 5.88. The van der Waals surface area contributed by atoms with E-state index in [0.717, 1.165) is 5.56 Å². The zero-order valence-electron chi connectivity index (χ0n) is 13.1. The molecule has 1 unspecified atom stereocenters. The standard InChI is InChI=1S/C14H14ClNO/c15-9-5-4-8-6-13-10(12(8)7-9)2-1-3-11(13)14(16)17/h4-5,7,11H,1-3,6H2,(H2,16,17)/i2D2,7D,11D. The average Bonchev–Trinajstić information content (AvgIpc) is 2.81. The lowest BCUT2D eigenvalue weighted by atomic mass is 9.82. The van der Waals surface area contributed by atoms with Crippen molar-refractivity contribution in [2.75, 3.05) is 0 Å². The second-order valence-corrected chi connectivity index (χ2v) is 4.66. The number of benzene rings is 1. The summed E-state index contributed by atoms with van der Waals surface area (Å²) in [6, 6.07) is 3.37.